The van der Waals surface area contributed by atoms with Crippen LogP contribution in [0, 0.1) is 6.92 Å². The molecule has 5 heteroatoms. The van der Waals surface area contributed by atoms with Crippen molar-refractivity contribution in [2.24, 2.45) is 0 Å². The van der Waals surface area contributed by atoms with E-state index in [0.29, 0.717) is 0 Å². The van der Waals surface area contributed by atoms with Gasteiger partial charge in [-0.05, 0) is 31.5 Å². The van der Waals surface area contributed by atoms with Crippen molar-refractivity contribution in [2.45, 2.75) is 26.7 Å². The lowest BCUT2D eigenvalue weighted by Crippen LogP contribution is -2.08. The number of methoxy groups -OCH3 is 1. The van der Waals surface area contributed by atoms with Crippen LogP contribution in [-0.4, -0.2) is 23.2 Å². The van der Waals surface area contributed by atoms with Gasteiger partial charge < -0.3 is 10.1 Å². The first-order valence-electron chi connectivity index (χ1n) is 6.79. The fourth-order valence-corrected chi connectivity index (χ4v) is 2.38. The van der Waals surface area contributed by atoms with Crippen LogP contribution < -0.4 is 10.1 Å². The maximum Gasteiger partial charge on any atom is 0.207 e. The summed E-state index contributed by atoms with van der Waals surface area (Å²) in [6.45, 7) is 5.09. The van der Waals surface area contributed by atoms with Crippen molar-refractivity contribution >= 4 is 21.9 Å². The number of hydrogen-bond donors (Lipinski definition) is 1. The van der Waals surface area contributed by atoms with Crippen molar-refractivity contribution in [3.05, 3.63) is 34.6 Å². The van der Waals surface area contributed by atoms with Crippen LogP contribution in [0.5, 0.6) is 5.75 Å². The topological polar surface area (TPSA) is 39.1 Å². The van der Waals surface area contributed by atoms with Crippen LogP contribution in [0.15, 0.2) is 28.9 Å². The third-order valence-electron chi connectivity index (χ3n) is 3.04. The van der Waals surface area contributed by atoms with Gasteiger partial charge in [0.25, 0.3) is 0 Å². The molecule has 0 aliphatic carbocycles. The largest absolute Gasteiger partial charge is 0.495 e. The molecular formula is C15H20BrN3O. The van der Waals surface area contributed by atoms with Gasteiger partial charge in [-0.15, -0.1) is 0 Å². The Balaban J connectivity index is 2.38. The molecule has 20 heavy (non-hydrogen) atoms. The predicted octanol–water partition coefficient (Wildman–Crippen LogP) is 4.16. The fourth-order valence-electron chi connectivity index (χ4n) is 2.03. The molecule has 0 radical (unpaired) electrons. The van der Waals surface area contributed by atoms with Gasteiger partial charge in [-0.1, -0.05) is 29.3 Å². The van der Waals surface area contributed by atoms with Crippen LogP contribution in [0.3, 0.4) is 0 Å². The molecule has 0 unspecified atom stereocenters. The van der Waals surface area contributed by atoms with Crippen molar-refractivity contribution in [3.8, 4) is 11.4 Å². The zero-order chi connectivity index (χ0) is 14.5. The third-order valence-corrected chi connectivity index (χ3v) is 3.53. The summed E-state index contributed by atoms with van der Waals surface area (Å²) in [4.78, 5) is 4.54. The summed E-state index contributed by atoms with van der Waals surface area (Å²) >= 11 is 3.51. The molecule has 0 aliphatic rings. The summed E-state index contributed by atoms with van der Waals surface area (Å²) in [5.41, 5.74) is 1.95. The smallest absolute Gasteiger partial charge is 0.207 e. The highest BCUT2D eigenvalue weighted by Crippen LogP contribution is 2.29. The Morgan fingerprint density at radius 1 is 1.40 bits per heavy atom. The molecule has 1 aromatic carbocycles. The molecule has 0 atom stereocenters. The molecule has 0 amide bonds. The van der Waals surface area contributed by atoms with Gasteiger partial charge in [0.1, 0.15) is 5.75 Å². The number of rotatable bonds is 6. The van der Waals surface area contributed by atoms with Crippen LogP contribution in [0.25, 0.3) is 5.69 Å². The Labute approximate surface area is 128 Å². The van der Waals surface area contributed by atoms with Gasteiger partial charge in [0.2, 0.25) is 5.95 Å². The number of nitrogens with zero attached hydrogens (tertiary/aromatic N) is 2. The lowest BCUT2D eigenvalue weighted by molar-refractivity contribution is 0.413. The van der Waals surface area contributed by atoms with E-state index in [9.17, 15) is 0 Å². The Kier molecular flexibility index (Phi) is 5.06. The van der Waals surface area contributed by atoms with Crippen molar-refractivity contribution in [2.75, 3.05) is 19.0 Å². The standard InChI is InChI=1S/C15H20BrN3O/c1-4-5-8-17-15-18-11(2)10-19(15)13-9-12(16)6-7-14(13)20-3/h6-7,9-10H,4-5,8H2,1-3H3,(H,17,18). The number of benzene rings is 1. The van der Waals surface area contributed by atoms with Crippen LogP contribution in [0.1, 0.15) is 25.5 Å². The normalized spacial score (nSPS) is 10.6. The molecule has 4 nitrogen and oxygen atoms in total. The minimum absolute atomic E-state index is 0.823. The zero-order valence-electron chi connectivity index (χ0n) is 12.1. The summed E-state index contributed by atoms with van der Waals surface area (Å²) in [6.07, 6.45) is 4.30. The summed E-state index contributed by atoms with van der Waals surface area (Å²) in [5, 5.41) is 3.39. The summed E-state index contributed by atoms with van der Waals surface area (Å²) in [7, 11) is 1.68. The minimum Gasteiger partial charge on any atom is -0.495 e. The van der Waals surface area contributed by atoms with Gasteiger partial charge in [-0.25, -0.2) is 4.98 Å². The van der Waals surface area contributed by atoms with Gasteiger partial charge in [0.15, 0.2) is 0 Å². The molecule has 108 valence electrons. The molecule has 1 aromatic heterocycles. The van der Waals surface area contributed by atoms with Crippen molar-refractivity contribution in [3.63, 3.8) is 0 Å². The average molecular weight is 338 g/mol. The number of anilines is 1. The third kappa shape index (κ3) is 3.33. The van der Waals surface area contributed by atoms with E-state index in [4.69, 9.17) is 4.74 Å². The number of unbranched alkanes of at least 4 members (excludes halogenated alkanes) is 1. The monoisotopic (exact) mass is 337 g/mol. The van der Waals surface area contributed by atoms with Crippen LogP contribution in [0.2, 0.25) is 0 Å². The lowest BCUT2D eigenvalue weighted by Gasteiger charge is -2.13. The Bertz CT molecular complexity index is 580. The van der Waals surface area contributed by atoms with Crippen LogP contribution in [0.4, 0.5) is 5.95 Å². The van der Waals surface area contributed by atoms with Gasteiger partial charge in [0.05, 0.1) is 18.5 Å². The van der Waals surface area contributed by atoms with E-state index in [1.807, 2.05) is 35.9 Å². The Morgan fingerprint density at radius 2 is 2.20 bits per heavy atom. The van der Waals surface area contributed by atoms with Crippen molar-refractivity contribution < 1.29 is 4.74 Å². The molecule has 2 rings (SSSR count). The highest BCUT2D eigenvalue weighted by atomic mass is 79.9. The highest BCUT2D eigenvalue weighted by Gasteiger charge is 2.12. The lowest BCUT2D eigenvalue weighted by atomic mass is 10.3. The van der Waals surface area contributed by atoms with E-state index in [0.717, 1.165) is 46.9 Å². The van der Waals surface area contributed by atoms with E-state index in [1.165, 1.54) is 0 Å². The zero-order valence-corrected chi connectivity index (χ0v) is 13.7. The number of imidazole rings is 1. The molecule has 0 bridgehead atoms. The summed E-state index contributed by atoms with van der Waals surface area (Å²) in [6, 6.07) is 5.95. The van der Waals surface area contributed by atoms with Gasteiger partial charge in [-0.3, -0.25) is 4.57 Å². The second-order valence-corrected chi connectivity index (χ2v) is 5.59. The number of aromatic nitrogens is 2. The molecular weight excluding hydrogens is 318 g/mol. The van der Waals surface area contributed by atoms with E-state index in [-0.39, 0.29) is 0 Å². The van der Waals surface area contributed by atoms with Crippen molar-refractivity contribution in [1.29, 1.82) is 0 Å². The second kappa shape index (κ2) is 6.79. The van der Waals surface area contributed by atoms with Crippen LogP contribution in [-0.2, 0) is 0 Å². The Morgan fingerprint density at radius 3 is 2.90 bits per heavy atom. The van der Waals surface area contributed by atoms with E-state index >= 15 is 0 Å². The Hall–Kier alpha value is -1.49. The maximum absolute atomic E-state index is 5.45. The number of hydrogen-bond acceptors (Lipinski definition) is 3. The molecule has 0 saturated heterocycles. The molecule has 0 saturated carbocycles. The molecule has 0 aliphatic heterocycles. The number of ether oxygens (including phenoxy) is 1. The first-order chi connectivity index (χ1) is 9.65. The number of aryl methyl sites for hydroxylation is 1. The molecule has 2 aromatic rings. The fraction of sp³-hybridized carbons (Fsp3) is 0.400. The second-order valence-electron chi connectivity index (χ2n) is 4.67. The number of halogens is 1. The van der Waals surface area contributed by atoms with E-state index in [2.05, 4.69) is 33.2 Å². The molecule has 0 spiro atoms. The molecule has 1 N–H and O–H groups in total. The maximum atomic E-state index is 5.45. The predicted molar refractivity (Wildman–Crippen MR) is 86.0 cm³/mol. The molecule has 0 fully saturated rings. The average Bonchev–Trinajstić information content (AvgIpc) is 2.80. The van der Waals surface area contributed by atoms with Gasteiger partial charge >= 0.3 is 0 Å². The van der Waals surface area contributed by atoms with Crippen molar-refractivity contribution in [1.82, 2.24) is 9.55 Å². The van der Waals surface area contributed by atoms with Gasteiger partial charge in [-0.2, -0.15) is 0 Å². The van der Waals surface area contributed by atoms with E-state index < -0.39 is 0 Å². The number of nitrogens with one attached hydrogen (secondary N) is 1. The summed E-state index contributed by atoms with van der Waals surface area (Å²) in [5.74, 6) is 1.68. The van der Waals surface area contributed by atoms with Gasteiger partial charge in [0, 0.05) is 17.2 Å². The SMILES string of the molecule is CCCCNc1nc(C)cn1-c1cc(Br)ccc1OC. The molecule has 1 heterocycles. The van der Waals surface area contributed by atoms with E-state index in [1.54, 1.807) is 7.11 Å². The quantitative estimate of drug-likeness (QED) is 0.804. The van der Waals surface area contributed by atoms with Crippen LogP contribution >= 0.6 is 15.9 Å². The highest BCUT2D eigenvalue weighted by molar-refractivity contribution is 9.10. The first kappa shape index (κ1) is 14.9. The summed E-state index contributed by atoms with van der Waals surface area (Å²) < 4.78 is 8.50. The minimum atomic E-state index is 0.823. The first-order valence-corrected chi connectivity index (χ1v) is 7.58.